The van der Waals surface area contributed by atoms with E-state index in [4.69, 9.17) is 19.3 Å². The van der Waals surface area contributed by atoms with Gasteiger partial charge in [-0.15, -0.1) is 0 Å². The molecule has 0 unspecified atom stereocenters. The second kappa shape index (κ2) is 7.74. The third kappa shape index (κ3) is 3.24. The number of carbonyl (C=O) groups is 3. The van der Waals surface area contributed by atoms with E-state index in [-0.39, 0.29) is 42.1 Å². The molecule has 0 saturated carbocycles. The molecule has 1 aliphatic carbocycles. The maximum Gasteiger partial charge on any atom is 0.307 e. The van der Waals surface area contributed by atoms with Gasteiger partial charge in [0.1, 0.15) is 12.0 Å². The van der Waals surface area contributed by atoms with Crippen LogP contribution in [0, 0.1) is 0 Å². The highest BCUT2D eigenvalue weighted by Gasteiger charge is 2.54. The van der Waals surface area contributed by atoms with Crippen LogP contribution >= 0.6 is 0 Å². The number of Topliss-reactive ketones (excluding diaryl/α,β-unsaturated/α-hetero) is 2. The van der Waals surface area contributed by atoms with Crippen LogP contribution in [0.25, 0.3) is 0 Å². The topological polar surface area (TPSA) is 119 Å². The lowest BCUT2D eigenvalue weighted by Gasteiger charge is -2.34. The van der Waals surface area contributed by atoms with Gasteiger partial charge in [-0.1, -0.05) is 6.92 Å². The first-order valence-electron chi connectivity index (χ1n) is 8.32. The predicted octanol–water partition coefficient (Wildman–Crippen LogP) is 1.60. The second-order valence-electron chi connectivity index (χ2n) is 6.07. The van der Waals surface area contributed by atoms with Gasteiger partial charge in [-0.3, -0.25) is 14.4 Å². The predicted molar refractivity (Wildman–Crippen MR) is 88.6 cm³/mol. The summed E-state index contributed by atoms with van der Waals surface area (Å²) in [5, 5.41) is 19.4. The molecule has 0 saturated heterocycles. The first kappa shape index (κ1) is 19.7. The minimum atomic E-state index is -2.16. The summed E-state index contributed by atoms with van der Waals surface area (Å²) in [6.45, 7) is 2.82. The number of methoxy groups -OCH3 is 1. The Morgan fingerprint density at radius 2 is 2.00 bits per heavy atom. The highest BCUT2D eigenvalue weighted by atomic mass is 16.6. The molecule has 2 rings (SSSR count). The van der Waals surface area contributed by atoms with Crippen LogP contribution < -0.4 is 0 Å². The summed E-state index contributed by atoms with van der Waals surface area (Å²) in [6, 6.07) is 0. The van der Waals surface area contributed by atoms with Crippen molar-refractivity contribution in [2.45, 2.75) is 45.1 Å². The zero-order valence-electron chi connectivity index (χ0n) is 15.0. The van der Waals surface area contributed by atoms with E-state index in [2.05, 4.69) is 0 Å². The number of fused-ring (bicyclic) bond motifs is 1. The minimum absolute atomic E-state index is 0.0390. The van der Waals surface area contributed by atoms with Crippen molar-refractivity contribution in [1.29, 1.82) is 0 Å². The lowest BCUT2D eigenvalue weighted by atomic mass is 9.78. The lowest BCUT2D eigenvalue weighted by Crippen LogP contribution is -2.52. The molecule has 1 atom stereocenters. The number of hydrogen-bond acceptors (Lipinski definition) is 8. The van der Waals surface area contributed by atoms with Gasteiger partial charge in [0, 0.05) is 19.4 Å². The Morgan fingerprint density at radius 1 is 1.31 bits per heavy atom. The van der Waals surface area contributed by atoms with Crippen molar-refractivity contribution < 1.29 is 38.8 Å². The summed E-state index contributed by atoms with van der Waals surface area (Å²) in [4.78, 5) is 37.3. The Balaban J connectivity index is 2.50. The van der Waals surface area contributed by atoms with Crippen molar-refractivity contribution in [3.8, 4) is 0 Å². The molecule has 26 heavy (non-hydrogen) atoms. The van der Waals surface area contributed by atoms with Crippen molar-refractivity contribution in [2.24, 2.45) is 0 Å². The number of ether oxygens (including phenoxy) is 3. The van der Waals surface area contributed by atoms with Crippen LogP contribution in [0.1, 0.15) is 39.5 Å². The standard InChI is InChI=1S/C18H22O8/c1-4-6-12(20)26-18(2)16(22)10-9-25-11(7-5-8-19)15(24-3)13(10)14(21)17(18)23/h9,19,21H,4-8H2,1-3H3/t18-/m0/s1. The Hall–Kier alpha value is -2.61. The van der Waals surface area contributed by atoms with E-state index in [0.717, 1.165) is 13.2 Å². The zero-order chi connectivity index (χ0) is 19.5. The zero-order valence-corrected chi connectivity index (χ0v) is 15.0. The van der Waals surface area contributed by atoms with E-state index in [1.807, 2.05) is 0 Å². The summed E-state index contributed by atoms with van der Waals surface area (Å²) in [5.41, 5.74) is -2.36. The van der Waals surface area contributed by atoms with Gasteiger partial charge in [-0.05, 0) is 19.8 Å². The summed E-state index contributed by atoms with van der Waals surface area (Å²) < 4.78 is 15.7. The number of carbonyl (C=O) groups excluding carboxylic acids is 3. The number of esters is 1. The van der Waals surface area contributed by atoms with Crippen LogP contribution in [0.2, 0.25) is 0 Å². The van der Waals surface area contributed by atoms with Crippen LogP contribution in [0.3, 0.4) is 0 Å². The SMILES string of the molecule is CCCC(=O)O[C@@]1(C)C(=O)C2=COC(CCCO)=C(OC)C2=C(O)C1=O. The van der Waals surface area contributed by atoms with Gasteiger partial charge in [0.25, 0.3) is 0 Å². The number of allylic oxidation sites excluding steroid dienone is 2. The Bertz CT molecular complexity index is 727. The van der Waals surface area contributed by atoms with E-state index in [1.165, 1.54) is 7.11 Å². The van der Waals surface area contributed by atoms with E-state index < -0.39 is 28.9 Å². The molecule has 1 aliphatic heterocycles. The van der Waals surface area contributed by atoms with Gasteiger partial charge >= 0.3 is 5.97 Å². The van der Waals surface area contributed by atoms with Gasteiger partial charge < -0.3 is 24.4 Å². The third-order valence-corrected chi connectivity index (χ3v) is 4.17. The minimum Gasteiger partial charge on any atom is -0.504 e. The van der Waals surface area contributed by atoms with E-state index in [0.29, 0.717) is 12.8 Å². The maximum atomic E-state index is 12.8. The van der Waals surface area contributed by atoms with Crippen molar-refractivity contribution in [3.05, 3.63) is 34.7 Å². The van der Waals surface area contributed by atoms with Crippen molar-refractivity contribution in [1.82, 2.24) is 0 Å². The molecule has 0 fully saturated rings. The van der Waals surface area contributed by atoms with Crippen LogP contribution in [0.4, 0.5) is 0 Å². The first-order chi connectivity index (χ1) is 12.3. The molecule has 8 nitrogen and oxygen atoms in total. The fourth-order valence-electron chi connectivity index (χ4n) is 2.81. The molecule has 0 aromatic heterocycles. The second-order valence-corrected chi connectivity index (χ2v) is 6.07. The summed E-state index contributed by atoms with van der Waals surface area (Å²) in [7, 11) is 1.31. The van der Waals surface area contributed by atoms with Crippen LogP contribution in [0.5, 0.6) is 0 Å². The third-order valence-electron chi connectivity index (χ3n) is 4.17. The molecule has 0 amide bonds. The fourth-order valence-corrected chi connectivity index (χ4v) is 2.81. The highest BCUT2D eigenvalue weighted by molar-refractivity contribution is 6.27. The van der Waals surface area contributed by atoms with Crippen LogP contribution in [-0.2, 0) is 28.6 Å². The average molecular weight is 366 g/mol. The molecule has 1 heterocycles. The smallest absolute Gasteiger partial charge is 0.307 e. The van der Waals surface area contributed by atoms with Crippen molar-refractivity contribution >= 4 is 17.5 Å². The monoisotopic (exact) mass is 366 g/mol. The normalized spacial score (nSPS) is 22.7. The van der Waals surface area contributed by atoms with E-state index in [1.54, 1.807) is 6.92 Å². The largest absolute Gasteiger partial charge is 0.504 e. The molecule has 0 aromatic rings. The molecule has 8 heteroatoms. The number of aliphatic hydroxyl groups excluding tert-OH is 2. The molecular weight excluding hydrogens is 344 g/mol. The van der Waals surface area contributed by atoms with Crippen molar-refractivity contribution in [3.63, 3.8) is 0 Å². The lowest BCUT2D eigenvalue weighted by molar-refractivity contribution is -0.170. The summed E-state index contributed by atoms with van der Waals surface area (Å²) in [6.07, 6.45) is 2.28. The van der Waals surface area contributed by atoms with E-state index >= 15 is 0 Å². The van der Waals surface area contributed by atoms with Gasteiger partial charge in [-0.25, -0.2) is 0 Å². The Kier molecular flexibility index (Phi) is 5.86. The highest BCUT2D eigenvalue weighted by Crippen LogP contribution is 2.40. The molecular formula is C18H22O8. The van der Waals surface area contributed by atoms with Gasteiger partial charge in [0.05, 0.1) is 18.3 Å². The number of rotatable bonds is 7. The molecule has 0 aromatic carbocycles. The van der Waals surface area contributed by atoms with Gasteiger partial charge in [-0.2, -0.15) is 0 Å². The van der Waals surface area contributed by atoms with Crippen LogP contribution in [0.15, 0.2) is 34.7 Å². The Morgan fingerprint density at radius 3 is 2.58 bits per heavy atom. The summed E-state index contributed by atoms with van der Waals surface area (Å²) in [5.74, 6) is -2.94. The molecule has 0 spiro atoms. The molecule has 0 radical (unpaired) electrons. The summed E-state index contributed by atoms with van der Waals surface area (Å²) >= 11 is 0. The number of ketones is 2. The first-order valence-corrected chi connectivity index (χ1v) is 8.32. The molecule has 0 bridgehead atoms. The molecule has 142 valence electrons. The van der Waals surface area contributed by atoms with E-state index in [9.17, 15) is 19.5 Å². The quantitative estimate of drug-likeness (QED) is 0.515. The van der Waals surface area contributed by atoms with Crippen LogP contribution in [-0.4, -0.2) is 47.1 Å². The van der Waals surface area contributed by atoms with Gasteiger partial charge in [0.15, 0.2) is 11.5 Å². The molecule has 2 N–H and O–H groups in total. The maximum absolute atomic E-state index is 12.8. The number of aliphatic hydroxyl groups is 2. The van der Waals surface area contributed by atoms with Crippen molar-refractivity contribution in [2.75, 3.05) is 13.7 Å². The average Bonchev–Trinajstić information content (AvgIpc) is 2.62. The fraction of sp³-hybridized carbons (Fsp3) is 0.500. The number of hydrogen-bond donors (Lipinski definition) is 2. The Labute approximate surface area is 150 Å². The molecule has 2 aliphatic rings. The van der Waals surface area contributed by atoms with Gasteiger partial charge in [0.2, 0.25) is 17.2 Å².